The number of rotatable bonds is 9. The Morgan fingerprint density at radius 2 is 1.76 bits per heavy atom. The molecule has 0 N–H and O–H groups in total. The van der Waals surface area contributed by atoms with Crippen LogP contribution in [0.25, 0.3) is 0 Å². The average Bonchev–Trinajstić information content (AvgIpc) is 3.16. The van der Waals surface area contributed by atoms with Crippen LogP contribution in [0.4, 0.5) is 0 Å². The van der Waals surface area contributed by atoms with Gasteiger partial charge in [0.05, 0.1) is 0 Å². The summed E-state index contributed by atoms with van der Waals surface area (Å²) in [5.41, 5.74) is 2.27. The summed E-state index contributed by atoms with van der Waals surface area (Å²) < 4.78 is 16.4. The maximum Gasteiger partial charge on any atom is 0.264 e. The van der Waals surface area contributed by atoms with E-state index in [4.69, 9.17) is 14.0 Å². The van der Waals surface area contributed by atoms with Gasteiger partial charge in [-0.2, -0.15) is 4.98 Å². The summed E-state index contributed by atoms with van der Waals surface area (Å²) in [7, 11) is 1.72. The molecule has 0 aliphatic carbocycles. The zero-order chi connectivity index (χ0) is 20.6. The quantitative estimate of drug-likeness (QED) is 0.553. The van der Waals surface area contributed by atoms with E-state index in [1.54, 1.807) is 11.9 Å². The monoisotopic (exact) mass is 395 g/mol. The molecule has 29 heavy (non-hydrogen) atoms. The number of carbonyl (C=O) groups excluding carboxylic acids is 1. The molecule has 3 rings (SSSR count). The summed E-state index contributed by atoms with van der Waals surface area (Å²) in [6.07, 6.45) is 0.487. The third kappa shape index (κ3) is 6.34. The maximum atomic E-state index is 12.2. The fourth-order valence-corrected chi connectivity index (χ4v) is 2.78. The lowest BCUT2D eigenvalue weighted by atomic mass is 10.1. The molecule has 0 saturated heterocycles. The molecule has 1 aromatic heterocycles. The molecule has 0 radical (unpaired) electrons. The Morgan fingerprint density at radius 3 is 2.48 bits per heavy atom. The van der Waals surface area contributed by atoms with Crippen LogP contribution in [0.3, 0.4) is 0 Å². The number of aromatic nitrogens is 2. The van der Waals surface area contributed by atoms with Crippen molar-refractivity contribution in [2.24, 2.45) is 0 Å². The Kier molecular flexibility index (Phi) is 6.84. The van der Waals surface area contributed by atoms with Crippen molar-refractivity contribution in [1.29, 1.82) is 0 Å². The Bertz CT molecular complexity index is 920. The van der Waals surface area contributed by atoms with Crippen LogP contribution in [0.2, 0.25) is 0 Å². The topological polar surface area (TPSA) is 77.7 Å². The minimum atomic E-state index is -0.115. The molecule has 0 aliphatic rings. The number of carbonyl (C=O) groups is 1. The van der Waals surface area contributed by atoms with Crippen molar-refractivity contribution in [2.75, 3.05) is 20.2 Å². The highest BCUT2D eigenvalue weighted by Gasteiger charge is 2.13. The lowest BCUT2D eigenvalue weighted by Crippen LogP contribution is -2.33. The van der Waals surface area contributed by atoms with Gasteiger partial charge in [0.25, 0.3) is 11.8 Å². The number of nitrogens with zero attached hydrogens (tertiary/aromatic N) is 3. The Morgan fingerprint density at radius 1 is 1.03 bits per heavy atom. The number of amides is 1. The van der Waals surface area contributed by atoms with E-state index >= 15 is 0 Å². The number of hydrogen-bond acceptors (Lipinski definition) is 6. The van der Waals surface area contributed by atoms with Crippen LogP contribution in [-0.2, 0) is 17.8 Å². The highest BCUT2D eigenvalue weighted by molar-refractivity contribution is 5.77. The maximum absolute atomic E-state index is 12.2. The molecule has 7 nitrogen and oxygen atoms in total. The van der Waals surface area contributed by atoms with Crippen LogP contribution in [0, 0.1) is 13.8 Å². The number of aryl methyl sites for hydroxylation is 2. The standard InChI is InChI=1S/C22H25N3O4/c1-16-11-17(2)13-19(12-16)27-14-21-23-20(24-29-21)9-10-25(3)22(26)15-28-18-7-5-4-6-8-18/h4-8,11-13H,9-10,14-15H2,1-3H3. The molecule has 0 atom stereocenters. The molecule has 0 fully saturated rings. The Labute approximate surface area is 170 Å². The Balaban J connectivity index is 1.42. The van der Waals surface area contributed by atoms with Gasteiger partial charge in [-0.15, -0.1) is 0 Å². The summed E-state index contributed by atoms with van der Waals surface area (Å²) in [6.45, 7) is 4.70. The molecule has 0 unspecified atom stereocenters. The fourth-order valence-electron chi connectivity index (χ4n) is 2.78. The second kappa shape index (κ2) is 9.73. The van der Waals surface area contributed by atoms with Crippen LogP contribution in [-0.4, -0.2) is 41.1 Å². The summed E-state index contributed by atoms with van der Waals surface area (Å²) >= 11 is 0. The first-order chi connectivity index (χ1) is 14.0. The van der Waals surface area contributed by atoms with E-state index in [0.29, 0.717) is 30.4 Å². The van der Waals surface area contributed by atoms with Crippen molar-refractivity contribution in [1.82, 2.24) is 15.0 Å². The zero-order valence-corrected chi connectivity index (χ0v) is 16.9. The number of para-hydroxylation sites is 1. The van der Waals surface area contributed by atoms with Crippen LogP contribution in [0.1, 0.15) is 22.8 Å². The van der Waals surface area contributed by atoms with E-state index in [9.17, 15) is 4.79 Å². The summed E-state index contributed by atoms with van der Waals surface area (Å²) in [6, 6.07) is 15.3. The largest absolute Gasteiger partial charge is 0.484 e. The predicted molar refractivity (Wildman–Crippen MR) is 108 cm³/mol. The van der Waals surface area contributed by atoms with Gasteiger partial charge >= 0.3 is 0 Å². The summed E-state index contributed by atoms with van der Waals surface area (Å²) in [4.78, 5) is 18.1. The molecule has 0 spiro atoms. The third-order valence-electron chi connectivity index (χ3n) is 4.27. The molecule has 3 aromatic rings. The smallest absolute Gasteiger partial charge is 0.264 e. The first kappa shape index (κ1) is 20.4. The fraction of sp³-hybridized carbons (Fsp3) is 0.318. The molecular weight excluding hydrogens is 370 g/mol. The second-order valence-corrected chi connectivity index (χ2v) is 6.88. The minimum Gasteiger partial charge on any atom is -0.484 e. The Hall–Kier alpha value is -3.35. The average molecular weight is 395 g/mol. The van der Waals surface area contributed by atoms with E-state index in [1.807, 2.05) is 56.3 Å². The minimum absolute atomic E-state index is 0.0121. The van der Waals surface area contributed by atoms with Crippen LogP contribution < -0.4 is 9.47 Å². The van der Waals surface area contributed by atoms with Gasteiger partial charge in [-0.25, -0.2) is 0 Å². The molecule has 7 heteroatoms. The van der Waals surface area contributed by atoms with Crippen molar-refractivity contribution in [3.63, 3.8) is 0 Å². The van der Waals surface area contributed by atoms with Gasteiger partial charge in [0.2, 0.25) is 0 Å². The summed E-state index contributed by atoms with van der Waals surface area (Å²) in [5.74, 6) is 2.26. The van der Waals surface area contributed by atoms with Gasteiger partial charge in [-0.3, -0.25) is 4.79 Å². The van der Waals surface area contributed by atoms with Gasteiger partial charge in [0.15, 0.2) is 19.0 Å². The van der Waals surface area contributed by atoms with Crippen LogP contribution in [0.5, 0.6) is 11.5 Å². The third-order valence-corrected chi connectivity index (χ3v) is 4.27. The molecule has 0 bridgehead atoms. The predicted octanol–water partition coefficient (Wildman–Crippen LogP) is 3.35. The van der Waals surface area contributed by atoms with Gasteiger partial charge < -0.3 is 18.9 Å². The lowest BCUT2D eigenvalue weighted by molar-refractivity contribution is -0.132. The summed E-state index contributed by atoms with van der Waals surface area (Å²) in [5, 5.41) is 3.95. The van der Waals surface area contributed by atoms with E-state index in [-0.39, 0.29) is 19.1 Å². The number of likely N-dealkylation sites (N-methyl/N-ethyl adjacent to an activating group) is 1. The van der Waals surface area contributed by atoms with Crippen LogP contribution >= 0.6 is 0 Å². The molecule has 2 aromatic carbocycles. The van der Waals surface area contributed by atoms with Crippen molar-refractivity contribution in [2.45, 2.75) is 26.9 Å². The van der Waals surface area contributed by atoms with Crippen molar-refractivity contribution < 1.29 is 18.8 Å². The van der Waals surface area contributed by atoms with Crippen molar-refractivity contribution in [3.8, 4) is 11.5 Å². The first-order valence-corrected chi connectivity index (χ1v) is 9.44. The molecule has 0 saturated carbocycles. The molecular formula is C22H25N3O4. The van der Waals surface area contributed by atoms with Crippen LogP contribution in [0.15, 0.2) is 53.1 Å². The highest BCUT2D eigenvalue weighted by Crippen LogP contribution is 2.17. The lowest BCUT2D eigenvalue weighted by Gasteiger charge is -2.16. The normalized spacial score (nSPS) is 10.6. The van der Waals surface area contributed by atoms with E-state index in [0.717, 1.165) is 16.9 Å². The highest BCUT2D eigenvalue weighted by atomic mass is 16.5. The van der Waals surface area contributed by atoms with E-state index in [2.05, 4.69) is 16.2 Å². The molecule has 0 aliphatic heterocycles. The molecule has 1 amide bonds. The van der Waals surface area contributed by atoms with E-state index in [1.165, 1.54) is 0 Å². The SMILES string of the molecule is Cc1cc(C)cc(OCc2nc(CCN(C)C(=O)COc3ccccc3)no2)c1. The number of hydrogen-bond donors (Lipinski definition) is 0. The van der Waals surface area contributed by atoms with Crippen molar-refractivity contribution in [3.05, 3.63) is 71.4 Å². The van der Waals surface area contributed by atoms with Gasteiger partial charge in [0.1, 0.15) is 11.5 Å². The molecule has 1 heterocycles. The number of ether oxygens (including phenoxy) is 2. The van der Waals surface area contributed by atoms with Gasteiger partial charge in [-0.1, -0.05) is 29.4 Å². The van der Waals surface area contributed by atoms with E-state index < -0.39 is 0 Å². The van der Waals surface area contributed by atoms with Crippen molar-refractivity contribution >= 4 is 5.91 Å². The first-order valence-electron chi connectivity index (χ1n) is 9.44. The molecule has 152 valence electrons. The van der Waals surface area contributed by atoms with Gasteiger partial charge in [0, 0.05) is 20.0 Å². The zero-order valence-electron chi connectivity index (χ0n) is 16.9. The van der Waals surface area contributed by atoms with Gasteiger partial charge in [-0.05, 0) is 49.2 Å². The second-order valence-electron chi connectivity index (χ2n) is 6.88. The number of benzene rings is 2.